The molecule has 1 rings (SSSR count). The van der Waals surface area contributed by atoms with Gasteiger partial charge in [0.25, 0.3) is 0 Å². The van der Waals surface area contributed by atoms with Crippen molar-refractivity contribution in [1.29, 1.82) is 5.26 Å². The van der Waals surface area contributed by atoms with Crippen LogP contribution in [0, 0.1) is 16.7 Å². The Morgan fingerprint density at radius 1 is 1.40 bits per heavy atom. The maximum Gasteiger partial charge on any atom is 0.203 e. The summed E-state index contributed by atoms with van der Waals surface area (Å²) >= 11 is 0. The van der Waals surface area contributed by atoms with Crippen molar-refractivity contribution in [2.45, 2.75) is 33.7 Å². The molecule has 0 aliphatic rings. The van der Waals surface area contributed by atoms with Crippen molar-refractivity contribution >= 4 is 0 Å². The third-order valence-electron chi connectivity index (χ3n) is 2.12. The number of nitrogens with one attached hydrogen (secondary N) is 1. The first-order valence-electron chi connectivity index (χ1n) is 5.21. The van der Waals surface area contributed by atoms with E-state index in [0.717, 1.165) is 18.7 Å². The Morgan fingerprint density at radius 3 is 2.67 bits per heavy atom. The monoisotopic (exact) mass is 206 g/mol. The maximum absolute atomic E-state index is 8.57. The minimum atomic E-state index is 0.355. The molecule has 0 unspecified atom stereocenters. The zero-order chi connectivity index (χ0) is 11.3. The lowest BCUT2D eigenvalue weighted by Gasteiger charge is -2.17. The van der Waals surface area contributed by atoms with E-state index >= 15 is 0 Å². The number of hydrogen-bond donors (Lipinski definition) is 1. The summed E-state index contributed by atoms with van der Waals surface area (Å²) in [6.45, 7) is 8.31. The fourth-order valence-corrected chi connectivity index (χ4v) is 1.21. The Balaban J connectivity index is 2.24. The van der Waals surface area contributed by atoms with Crippen molar-refractivity contribution in [1.82, 2.24) is 5.32 Å². The minimum Gasteiger partial charge on any atom is -0.449 e. The number of nitrogens with zero attached hydrogens (tertiary/aromatic N) is 1. The van der Waals surface area contributed by atoms with Crippen LogP contribution in [0.5, 0.6) is 0 Å². The van der Waals surface area contributed by atoms with E-state index in [2.05, 4.69) is 26.1 Å². The first kappa shape index (κ1) is 11.8. The summed E-state index contributed by atoms with van der Waals surface area (Å²) in [6, 6.07) is 5.50. The van der Waals surface area contributed by atoms with Crippen LogP contribution in [0.15, 0.2) is 16.5 Å². The highest BCUT2D eigenvalue weighted by atomic mass is 16.3. The molecule has 3 heteroatoms. The van der Waals surface area contributed by atoms with Crippen LogP contribution in [0.1, 0.15) is 38.7 Å². The SMILES string of the molecule is CC(C)(C)CCNCc1ccc(C#N)o1. The number of hydrogen-bond acceptors (Lipinski definition) is 3. The molecular formula is C12H18N2O. The molecule has 82 valence electrons. The average Bonchev–Trinajstić information content (AvgIpc) is 2.59. The lowest BCUT2D eigenvalue weighted by atomic mass is 9.92. The molecule has 0 aliphatic heterocycles. The van der Waals surface area contributed by atoms with Crippen molar-refractivity contribution in [2.24, 2.45) is 5.41 Å². The van der Waals surface area contributed by atoms with Crippen molar-refractivity contribution in [3.05, 3.63) is 23.7 Å². The average molecular weight is 206 g/mol. The fraction of sp³-hybridized carbons (Fsp3) is 0.583. The second kappa shape index (κ2) is 4.99. The van der Waals surface area contributed by atoms with Gasteiger partial charge in [0.1, 0.15) is 11.8 Å². The van der Waals surface area contributed by atoms with E-state index in [0.29, 0.717) is 17.7 Å². The van der Waals surface area contributed by atoms with Crippen LogP contribution in [0.3, 0.4) is 0 Å². The van der Waals surface area contributed by atoms with Crippen LogP contribution in [0.25, 0.3) is 0 Å². The molecule has 1 aromatic rings. The highest BCUT2D eigenvalue weighted by molar-refractivity contribution is 5.18. The summed E-state index contributed by atoms with van der Waals surface area (Å²) in [5.74, 6) is 1.20. The zero-order valence-electron chi connectivity index (χ0n) is 9.63. The van der Waals surface area contributed by atoms with E-state index in [-0.39, 0.29) is 0 Å². The van der Waals surface area contributed by atoms with Gasteiger partial charge in [0.2, 0.25) is 5.76 Å². The number of furan rings is 1. The summed E-state index contributed by atoms with van der Waals surface area (Å²) in [5, 5.41) is 11.9. The molecule has 0 amide bonds. The summed E-state index contributed by atoms with van der Waals surface area (Å²) in [4.78, 5) is 0. The summed E-state index contributed by atoms with van der Waals surface area (Å²) < 4.78 is 5.24. The van der Waals surface area contributed by atoms with Gasteiger partial charge in [-0.3, -0.25) is 0 Å². The molecule has 0 aliphatic carbocycles. The van der Waals surface area contributed by atoms with Crippen molar-refractivity contribution in [2.75, 3.05) is 6.54 Å². The lowest BCUT2D eigenvalue weighted by molar-refractivity contribution is 0.361. The molecule has 1 aromatic heterocycles. The molecule has 0 bridgehead atoms. The highest BCUT2D eigenvalue weighted by Crippen LogP contribution is 2.17. The predicted octanol–water partition coefficient (Wildman–Crippen LogP) is 2.68. The summed E-state index contributed by atoms with van der Waals surface area (Å²) in [5.41, 5.74) is 0.355. The lowest BCUT2D eigenvalue weighted by Crippen LogP contribution is -2.19. The molecule has 0 atom stereocenters. The van der Waals surface area contributed by atoms with Gasteiger partial charge in [-0.25, -0.2) is 0 Å². The van der Waals surface area contributed by atoms with Crippen molar-refractivity contribution in [3.63, 3.8) is 0 Å². The molecule has 0 radical (unpaired) electrons. The second-order valence-electron chi connectivity index (χ2n) is 4.87. The molecule has 1 heterocycles. The van der Waals surface area contributed by atoms with Gasteiger partial charge in [0.15, 0.2) is 0 Å². The molecule has 0 saturated carbocycles. The molecule has 0 saturated heterocycles. The molecule has 15 heavy (non-hydrogen) atoms. The first-order chi connectivity index (χ1) is 7.01. The maximum atomic E-state index is 8.57. The predicted molar refractivity (Wildman–Crippen MR) is 59.2 cm³/mol. The number of nitriles is 1. The van der Waals surface area contributed by atoms with Crippen LogP contribution >= 0.6 is 0 Å². The smallest absolute Gasteiger partial charge is 0.203 e. The van der Waals surface area contributed by atoms with E-state index in [9.17, 15) is 0 Å². The largest absolute Gasteiger partial charge is 0.449 e. The highest BCUT2D eigenvalue weighted by Gasteiger charge is 2.09. The van der Waals surface area contributed by atoms with Gasteiger partial charge in [-0.15, -0.1) is 0 Å². The van der Waals surface area contributed by atoms with Gasteiger partial charge in [0.05, 0.1) is 6.54 Å². The first-order valence-corrected chi connectivity index (χ1v) is 5.21. The second-order valence-corrected chi connectivity index (χ2v) is 4.87. The van der Waals surface area contributed by atoms with Crippen LogP contribution in [0.4, 0.5) is 0 Å². The molecule has 3 nitrogen and oxygen atoms in total. The van der Waals surface area contributed by atoms with E-state index in [1.807, 2.05) is 12.1 Å². The number of rotatable bonds is 4. The summed E-state index contributed by atoms with van der Waals surface area (Å²) in [6.07, 6.45) is 1.12. The molecular weight excluding hydrogens is 188 g/mol. The Hall–Kier alpha value is -1.27. The minimum absolute atomic E-state index is 0.355. The zero-order valence-corrected chi connectivity index (χ0v) is 9.63. The molecule has 0 spiro atoms. The van der Waals surface area contributed by atoms with E-state index in [1.165, 1.54) is 0 Å². The van der Waals surface area contributed by atoms with Crippen molar-refractivity contribution in [3.8, 4) is 6.07 Å². The van der Waals surface area contributed by atoms with Crippen molar-refractivity contribution < 1.29 is 4.42 Å². The molecule has 1 N–H and O–H groups in total. The normalized spacial score (nSPS) is 11.3. The third kappa shape index (κ3) is 4.66. The quantitative estimate of drug-likeness (QED) is 0.770. The van der Waals surface area contributed by atoms with Crippen LogP contribution in [0.2, 0.25) is 0 Å². The molecule has 0 fully saturated rings. The fourth-order valence-electron chi connectivity index (χ4n) is 1.21. The Kier molecular flexibility index (Phi) is 3.93. The van der Waals surface area contributed by atoms with Crippen LogP contribution in [-0.2, 0) is 6.54 Å². The van der Waals surface area contributed by atoms with Gasteiger partial charge in [-0.1, -0.05) is 20.8 Å². The van der Waals surface area contributed by atoms with E-state index < -0.39 is 0 Å². The Morgan fingerprint density at radius 2 is 2.13 bits per heavy atom. The van der Waals surface area contributed by atoms with Crippen LogP contribution in [-0.4, -0.2) is 6.54 Å². The summed E-state index contributed by atoms with van der Waals surface area (Å²) in [7, 11) is 0. The van der Waals surface area contributed by atoms with E-state index in [1.54, 1.807) is 6.07 Å². The van der Waals surface area contributed by atoms with E-state index in [4.69, 9.17) is 9.68 Å². The Bertz CT molecular complexity index is 341. The van der Waals surface area contributed by atoms with Gasteiger partial charge in [-0.2, -0.15) is 5.26 Å². The topological polar surface area (TPSA) is 49.0 Å². The van der Waals surface area contributed by atoms with Gasteiger partial charge in [0, 0.05) is 0 Å². The molecule has 0 aromatic carbocycles. The third-order valence-corrected chi connectivity index (χ3v) is 2.12. The van der Waals surface area contributed by atoms with Gasteiger partial charge >= 0.3 is 0 Å². The van der Waals surface area contributed by atoms with Crippen LogP contribution < -0.4 is 5.32 Å². The van der Waals surface area contributed by atoms with Gasteiger partial charge < -0.3 is 9.73 Å². The van der Waals surface area contributed by atoms with Gasteiger partial charge in [-0.05, 0) is 30.5 Å². The Labute approximate surface area is 91.1 Å². The standard InChI is InChI=1S/C12H18N2O/c1-12(2,3)6-7-14-9-11-5-4-10(8-13)15-11/h4-5,14H,6-7,9H2,1-3H3.